The van der Waals surface area contributed by atoms with E-state index in [1.807, 2.05) is 43.3 Å². The third-order valence-electron chi connectivity index (χ3n) is 2.47. The van der Waals surface area contributed by atoms with Gasteiger partial charge >= 0.3 is 0 Å². The van der Waals surface area contributed by atoms with Gasteiger partial charge < -0.3 is 10.2 Å². The summed E-state index contributed by atoms with van der Waals surface area (Å²) in [5.74, 6) is 1.70. The maximum absolute atomic E-state index is 6.05. The molecular weight excluding hydrogens is 222 g/mol. The monoisotopic (exact) mass is 235 g/mol. The van der Waals surface area contributed by atoms with Gasteiger partial charge in [-0.25, -0.2) is 0 Å². The van der Waals surface area contributed by atoms with Crippen LogP contribution in [0.5, 0.6) is 0 Å². The molecule has 2 N–H and O–H groups in total. The van der Waals surface area contributed by atoms with Crippen LogP contribution < -0.4 is 5.73 Å². The summed E-state index contributed by atoms with van der Waals surface area (Å²) in [5, 5.41) is 0.736. The molecular formula is C13H14ClNO. The van der Waals surface area contributed by atoms with E-state index in [4.69, 9.17) is 21.8 Å². The van der Waals surface area contributed by atoms with Gasteiger partial charge in [-0.15, -0.1) is 0 Å². The zero-order chi connectivity index (χ0) is 11.5. The molecule has 1 aromatic heterocycles. The van der Waals surface area contributed by atoms with E-state index < -0.39 is 0 Å². The predicted molar refractivity (Wildman–Crippen MR) is 65.5 cm³/mol. The molecule has 0 aliphatic rings. The van der Waals surface area contributed by atoms with Crippen molar-refractivity contribution in [1.29, 1.82) is 0 Å². The van der Waals surface area contributed by atoms with Crippen LogP contribution >= 0.6 is 11.6 Å². The third-order valence-corrected chi connectivity index (χ3v) is 2.71. The summed E-state index contributed by atoms with van der Waals surface area (Å²) in [6, 6.07) is 11.5. The quantitative estimate of drug-likeness (QED) is 0.885. The van der Waals surface area contributed by atoms with Crippen LogP contribution in [0.25, 0.3) is 0 Å². The Balaban J connectivity index is 2.10. The van der Waals surface area contributed by atoms with Crippen LogP contribution in [0.2, 0.25) is 5.02 Å². The summed E-state index contributed by atoms with van der Waals surface area (Å²) in [5.41, 5.74) is 7.17. The molecule has 84 valence electrons. The summed E-state index contributed by atoms with van der Waals surface area (Å²) in [6.45, 7) is 1.91. The molecule has 1 heterocycles. The van der Waals surface area contributed by atoms with E-state index in [9.17, 15) is 0 Å². The molecule has 0 spiro atoms. The van der Waals surface area contributed by atoms with E-state index in [2.05, 4.69) is 0 Å². The molecule has 0 saturated carbocycles. The topological polar surface area (TPSA) is 39.2 Å². The van der Waals surface area contributed by atoms with Crippen molar-refractivity contribution in [2.75, 3.05) is 0 Å². The molecule has 1 unspecified atom stereocenters. The first-order chi connectivity index (χ1) is 7.65. The highest BCUT2D eigenvalue weighted by Crippen LogP contribution is 2.20. The lowest BCUT2D eigenvalue weighted by molar-refractivity contribution is 0.445. The highest BCUT2D eigenvalue weighted by Gasteiger charge is 2.10. The molecule has 16 heavy (non-hydrogen) atoms. The van der Waals surface area contributed by atoms with Crippen LogP contribution in [0.4, 0.5) is 0 Å². The Kier molecular flexibility index (Phi) is 3.32. The SMILES string of the molecule is Cc1ccc(C(N)Cc2cccc(Cl)c2)o1. The molecule has 1 atom stereocenters. The Morgan fingerprint density at radius 3 is 2.75 bits per heavy atom. The van der Waals surface area contributed by atoms with E-state index in [1.165, 1.54) is 0 Å². The van der Waals surface area contributed by atoms with Gasteiger partial charge in [0, 0.05) is 5.02 Å². The van der Waals surface area contributed by atoms with E-state index in [0.717, 1.165) is 28.5 Å². The normalized spacial score (nSPS) is 12.7. The van der Waals surface area contributed by atoms with E-state index in [1.54, 1.807) is 0 Å². The van der Waals surface area contributed by atoms with Crippen molar-refractivity contribution < 1.29 is 4.42 Å². The zero-order valence-electron chi connectivity index (χ0n) is 9.11. The second-order valence-corrected chi connectivity index (χ2v) is 4.33. The van der Waals surface area contributed by atoms with E-state index in [0.29, 0.717) is 0 Å². The summed E-state index contributed by atoms with van der Waals surface area (Å²) < 4.78 is 5.49. The molecule has 0 fully saturated rings. The van der Waals surface area contributed by atoms with Crippen molar-refractivity contribution >= 4 is 11.6 Å². The minimum atomic E-state index is -0.118. The smallest absolute Gasteiger partial charge is 0.121 e. The third kappa shape index (κ3) is 2.65. The Hall–Kier alpha value is -1.25. The van der Waals surface area contributed by atoms with Gasteiger partial charge in [0.2, 0.25) is 0 Å². The molecule has 2 rings (SSSR count). The van der Waals surface area contributed by atoms with Crippen molar-refractivity contribution in [3.8, 4) is 0 Å². The summed E-state index contributed by atoms with van der Waals surface area (Å²) in [6.07, 6.45) is 0.730. The number of rotatable bonds is 3. The number of hydrogen-bond donors (Lipinski definition) is 1. The van der Waals surface area contributed by atoms with Gasteiger partial charge in [-0.05, 0) is 43.2 Å². The van der Waals surface area contributed by atoms with Gasteiger partial charge in [0.05, 0.1) is 6.04 Å². The lowest BCUT2D eigenvalue weighted by Crippen LogP contribution is -2.12. The lowest BCUT2D eigenvalue weighted by Gasteiger charge is -2.08. The van der Waals surface area contributed by atoms with Crippen molar-refractivity contribution in [3.63, 3.8) is 0 Å². The van der Waals surface area contributed by atoms with Gasteiger partial charge in [0.15, 0.2) is 0 Å². The van der Waals surface area contributed by atoms with Crippen LogP contribution in [-0.4, -0.2) is 0 Å². The minimum absolute atomic E-state index is 0.118. The average molecular weight is 236 g/mol. The summed E-state index contributed by atoms with van der Waals surface area (Å²) in [4.78, 5) is 0. The van der Waals surface area contributed by atoms with Crippen molar-refractivity contribution in [2.24, 2.45) is 5.73 Å². The molecule has 2 nitrogen and oxygen atoms in total. The first-order valence-electron chi connectivity index (χ1n) is 5.21. The molecule has 0 aliphatic carbocycles. The molecule has 0 radical (unpaired) electrons. The largest absolute Gasteiger partial charge is 0.465 e. The summed E-state index contributed by atoms with van der Waals surface area (Å²) >= 11 is 5.91. The predicted octanol–water partition coefficient (Wildman–Crippen LogP) is 3.48. The Morgan fingerprint density at radius 2 is 2.12 bits per heavy atom. The second kappa shape index (κ2) is 4.73. The molecule has 3 heteroatoms. The zero-order valence-corrected chi connectivity index (χ0v) is 9.87. The number of furan rings is 1. The van der Waals surface area contributed by atoms with Crippen LogP contribution in [0.3, 0.4) is 0 Å². The Morgan fingerprint density at radius 1 is 1.31 bits per heavy atom. The molecule has 0 amide bonds. The van der Waals surface area contributed by atoms with E-state index >= 15 is 0 Å². The number of halogens is 1. The first kappa shape index (κ1) is 11.2. The van der Waals surface area contributed by atoms with E-state index in [-0.39, 0.29) is 6.04 Å². The highest BCUT2D eigenvalue weighted by atomic mass is 35.5. The average Bonchev–Trinajstić information content (AvgIpc) is 2.65. The van der Waals surface area contributed by atoms with Gasteiger partial charge in [-0.3, -0.25) is 0 Å². The van der Waals surface area contributed by atoms with Crippen LogP contribution in [0.1, 0.15) is 23.1 Å². The lowest BCUT2D eigenvalue weighted by atomic mass is 10.1. The Bertz CT molecular complexity index is 478. The number of hydrogen-bond acceptors (Lipinski definition) is 2. The standard InChI is InChI=1S/C13H14ClNO/c1-9-5-6-13(16-9)12(15)8-10-3-2-4-11(14)7-10/h2-7,12H,8,15H2,1H3. The van der Waals surface area contributed by atoms with Gasteiger partial charge in [0.1, 0.15) is 11.5 Å². The van der Waals surface area contributed by atoms with Crippen LogP contribution in [-0.2, 0) is 6.42 Å². The van der Waals surface area contributed by atoms with Crippen LogP contribution in [0, 0.1) is 6.92 Å². The van der Waals surface area contributed by atoms with Crippen molar-refractivity contribution in [2.45, 2.75) is 19.4 Å². The van der Waals surface area contributed by atoms with Gasteiger partial charge in [-0.2, -0.15) is 0 Å². The molecule has 0 bridgehead atoms. The highest BCUT2D eigenvalue weighted by molar-refractivity contribution is 6.30. The molecule has 1 aromatic carbocycles. The van der Waals surface area contributed by atoms with Crippen molar-refractivity contribution in [1.82, 2.24) is 0 Å². The van der Waals surface area contributed by atoms with Gasteiger partial charge in [0.25, 0.3) is 0 Å². The maximum atomic E-state index is 6.05. The first-order valence-corrected chi connectivity index (χ1v) is 5.59. The second-order valence-electron chi connectivity index (χ2n) is 3.89. The fourth-order valence-electron chi connectivity index (χ4n) is 1.67. The molecule has 0 aliphatic heterocycles. The summed E-state index contributed by atoms with van der Waals surface area (Å²) in [7, 11) is 0. The molecule has 2 aromatic rings. The fourth-order valence-corrected chi connectivity index (χ4v) is 1.88. The number of benzene rings is 1. The number of nitrogens with two attached hydrogens (primary N) is 1. The number of aryl methyl sites for hydroxylation is 1. The fraction of sp³-hybridized carbons (Fsp3) is 0.231. The maximum Gasteiger partial charge on any atom is 0.121 e. The Labute approximate surface area is 100 Å². The minimum Gasteiger partial charge on any atom is -0.465 e. The van der Waals surface area contributed by atoms with Crippen LogP contribution in [0.15, 0.2) is 40.8 Å². The van der Waals surface area contributed by atoms with Gasteiger partial charge in [-0.1, -0.05) is 23.7 Å². The molecule has 0 saturated heterocycles. The van der Waals surface area contributed by atoms with Crippen molar-refractivity contribution in [3.05, 3.63) is 58.5 Å².